The number of amides is 1. The van der Waals surface area contributed by atoms with Crippen LogP contribution >= 0.6 is 22.9 Å². The number of hydrogen-bond donors (Lipinski definition) is 1. The van der Waals surface area contributed by atoms with E-state index in [-0.39, 0.29) is 23.8 Å². The molecule has 0 saturated heterocycles. The number of carbonyl (C=O) groups is 1. The van der Waals surface area contributed by atoms with Crippen LogP contribution in [0, 0.1) is 19.7 Å². The standard InChI is InChI=1S/C20H20FIN4O2/c1-11-5-4-6-14(21)13(11)9-26(22)19(27)15-12(2)28-18-16(15)17(23-10-24-18)25-20(3)7-8-20/h4-6,10H,7-9H2,1-3H3,(H,23,24,25). The van der Waals surface area contributed by atoms with E-state index in [1.165, 1.54) is 15.5 Å². The highest BCUT2D eigenvalue weighted by molar-refractivity contribution is 14.1. The van der Waals surface area contributed by atoms with Crippen LogP contribution in [0.25, 0.3) is 11.1 Å². The van der Waals surface area contributed by atoms with Crippen molar-refractivity contribution in [3.8, 4) is 0 Å². The van der Waals surface area contributed by atoms with E-state index < -0.39 is 0 Å². The number of hydrogen-bond acceptors (Lipinski definition) is 5. The van der Waals surface area contributed by atoms with Crippen LogP contribution in [-0.2, 0) is 6.54 Å². The zero-order chi connectivity index (χ0) is 20.1. The van der Waals surface area contributed by atoms with Crippen molar-refractivity contribution in [3.63, 3.8) is 0 Å². The minimum atomic E-state index is -0.324. The number of aryl methyl sites for hydroxylation is 2. The number of carbonyl (C=O) groups excluding carboxylic acids is 1. The van der Waals surface area contributed by atoms with Gasteiger partial charge in [-0.3, -0.25) is 7.91 Å². The molecule has 1 saturated carbocycles. The fraction of sp³-hybridized carbons (Fsp3) is 0.350. The molecule has 8 heteroatoms. The molecule has 1 amide bonds. The van der Waals surface area contributed by atoms with E-state index in [4.69, 9.17) is 4.42 Å². The summed E-state index contributed by atoms with van der Waals surface area (Å²) in [4.78, 5) is 21.8. The van der Waals surface area contributed by atoms with E-state index in [9.17, 15) is 9.18 Å². The zero-order valence-corrected chi connectivity index (χ0v) is 18.0. The molecule has 0 atom stereocenters. The van der Waals surface area contributed by atoms with Gasteiger partial charge in [-0.1, -0.05) is 12.1 Å². The van der Waals surface area contributed by atoms with Gasteiger partial charge in [0.1, 0.15) is 23.7 Å². The van der Waals surface area contributed by atoms with Gasteiger partial charge < -0.3 is 9.73 Å². The monoisotopic (exact) mass is 494 g/mol. The van der Waals surface area contributed by atoms with Crippen molar-refractivity contribution >= 4 is 45.7 Å². The van der Waals surface area contributed by atoms with E-state index in [0.717, 1.165) is 18.4 Å². The fourth-order valence-electron chi connectivity index (χ4n) is 3.19. The molecule has 0 radical (unpaired) electrons. The molecular weight excluding hydrogens is 474 g/mol. The molecule has 2 aromatic heterocycles. The lowest BCUT2D eigenvalue weighted by atomic mass is 10.1. The summed E-state index contributed by atoms with van der Waals surface area (Å²) < 4.78 is 21.4. The Morgan fingerprint density at radius 3 is 2.79 bits per heavy atom. The summed E-state index contributed by atoms with van der Waals surface area (Å²) in [6.07, 6.45) is 3.52. The summed E-state index contributed by atoms with van der Waals surface area (Å²) in [5.41, 5.74) is 2.06. The van der Waals surface area contributed by atoms with E-state index >= 15 is 0 Å². The highest BCUT2D eigenvalue weighted by Gasteiger charge is 2.38. The van der Waals surface area contributed by atoms with Gasteiger partial charge in [0, 0.05) is 11.1 Å². The van der Waals surface area contributed by atoms with E-state index in [2.05, 4.69) is 22.2 Å². The highest BCUT2D eigenvalue weighted by Crippen LogP contribution is 2.40. The summed E-state index contributed by atoms with van der Waals surface area (Å²) >= 11 is 1.92. The lowest BCUT2D eigenvalue weighted by Gasteiger charge is -2.17. The van der Waals surface area contributed by atoms with Crippen LogP contribution in [0.4, 0.5) is 10.2 Å². The molecule has 2 heterocycles. The van der Waals surface area contributed by atoms with Crippen LogP contribution in [0.15, 0.2) is 28.9 Å². The van der Waals surface area contributed by atoms with Crippen molar-refractivity contribution in [3.05, 3.63) is 52.8 Å². The van der Waals surface area contributed by atoms with Gasteiger partial charge in [-0.05, 0) is 45.2 Å². The van der Waals surface area contributed by atoms with Crippen molar-refractivity contribution in [2.75, 3.05) is 5.32 Å². The predicted molar refractivity (Wildman–Crippen MR) is 113 cm³/mol. The van der Waals surface area contributed by atoms with Crippen LogP contribution in [0.3, 0.4) is 0 Å². The Labute approximate surface area is 176 Å². The Kier molecular flexibility index (Phi) is 4.76. The van der Waals surface area contributed by atoms with Gasteiger partial charge in [-0.25, -0.2) is 14.4 Å². The van der Waals surface area contributed by atoms with Gasteiger partial charge in [-0.15, -0.1) is 0 Å². The van der Waals surface area contributed by atoms with Crippen molar-refractivity contribution in [2.24, 2.45) is 0 Å². The van der Waals surface area contributed by atoms with Gasteiger partial charge in [0.15, 0.2) is 0 Å². The largest absolute Gasteiger partial charge is 0.442 e. The number of furan rings is 1. The summed E-state index contributed by atoms with van der Waals surface area (Å²) in [5.74, 6) is 0.474. The Morgan fingerprint density at radius 1 is 1.36 bits per heavy atom. The second-order valence-electron chi connectivity index (χ2n) is 7.48. The zero-order valence-electron chi connectivity index (χ0n) is 15.8. The first-order chi connectivity index (χ1) is 13.3. The lowest BCUT2D eigenvalue weighted by Crippen LogP contribution is -2.23. The summed E-state index contributed by atoms with van der Waals surface area (Å²) in [7, 11) is 0. The molecule has 0 aliphatic heterocycles. The third-order valence-corrected chi connectivity index (χ3v) is 5.95. The first kappa shape index (κ1) is 19.1. The van der Waals surface area contributed by atoms with Crippen molar-refractivity contribution in [1.82, 2.24) is 13.1 Å². The number of benzene rings is 1. The molecule has 1 N–H and O–H groups in total. The SMILES string of the molecule is Cc1cccc(F)c1CN(I)C(=O)c1c(C)oc2ncnc(NC3(C)CC3)c12. The Hall–Kier alpha value is -2.23. The molecule has 1 aliphatic rings. The Morgan fingerprint density at radius 2 is 2.11 bits per heavy atom. The van der Waals surface area contributed by atoms with Gasteiger partial charge in [0.25, 0.3) is 5.91 Å². The molecule has 1 fully saturated rings. The number of aromatic nitrogens is 2. The minimum Gasteiger partial charge on any atom is -0.442 e. The van der Waals surface area contributed by atoms with Crippen LogP contribution in [-0.4, -0.2) is 24.5 Å². The average Bonchev–Trinajstić information content (AvgIpc) is 3.26. The molecule has 0 spiro atoms. The number of nitrogens with zero attached hydrogens (tertiary/aromatic N) is 3. The van der Waals surface area contributed by atoms with E-state index in [0.29, 0.717) is 33.8 Å². The molecule has 1 aliphatic carbocycles. The summed E-state index contributed by atoms with van der Waals surface area (Å²) in [6.45, 7) is 5.83. The van der Waals surface area contributed by atoms with Gasteiger partial charge in [0.2, 0.25) is 5.71 Å². The number of nitrogens with one attached hydrogen (secondary N) is 1. The first-order valence-electron chi connectivity index (χ1n) is 9.03. The maximum absolute atomic E-state index is 14.2. The van der Waals surface area contributed by atoms with Crippen LogP contribution < -0.4 is 5.32 Å². The van der Waals surface area contributed by atoms with Gasteiger partial charge >= 0.3 is 0 Å². The van der Waals surface area contributed by atoms with Crippen LogP contribution in [0.5, 0.6) is 0 Å². The van der Waals surface area contributed by atoms with Crippen LogP contribution in [0.2, 0.25) is 0 Å². The summed E-state index contributed by atoms with van der Waals surface area (Å²) in [6, 6.07) is 4.90. The summed E-state index contributed by atoms with van der Waals surface area (Å²) in [5, 5.41) is 3.98. The highest BCUT2D eigenvalue weighted by atomic mass is 127. The van der Waals surface area contributed by atoms with Gasteiger partial charge in [0.05, 0.1) is 40.4 Å². The third-order valence-electron chi connectivity index (χ3n) is 5.17. The smallest absolute Gasteiger partial charge is 0.267 e. The fourth-order valence-corrected chi connectivity index (χ4v) is 3.78. The molecule has 0 bridgehead atoms. The molecule has 1 aromatic carbocycles. The average molecular weight is 494 g/mol. The van der Waals surface area contributed by atoms with Gasteiger partial charge in [-0.2, -0.15) is 0 Å². The molecule has 4 rings (SSSR count). The molecule has 146 valence electrons. The Bertz CT molecular complexity index is 1060. The molecule has 0 unspecified atom stereocenters. The second kappa shape index (κ2) is 6.98. The maximum Gasteiger partial charge on any atom is 0.267 e. The molecular formula is C20H20FIN4O2. The van der Waals surface area contributed by atoms with Crippen molar-refractivity contribution in [2.45, 2.75) is 45.7 Å². The normalized spacial score (nSPS) is 14.9. The molecule has 6 nitrogen and oxygen atoms in total. The number of fused-ring (bicyclic) bond motifs is 1. The molecule has 3 aromatic rings. The topological polar surface area (TPSA) is 71.3 Å². The first-order valence-corrected chi connectivity index (χ1v) is 9.99. The lowest BCUT2D eigenvalue weighted by molar-refractivity contribution is 0.0882. The Balaban J connectivity index is 1.71. The number of halogens is 2. The maximum atomic E-state index is 14.2. The number of anilines is 1. The second-order valence-corrected chi connectivity index (χ2v) is 8.65. The van der Waals surface area contributed by atoms with E-state index in [1.807, 2.05) is 35.9 Å². The quantitative estimate of drug-likeness (QED) is 0.402. The van der Waals surface area contributed by atoms with E-state index in [1.54, 1.807) is 13.0 Å². The van der Waals surface area contributed by atoms with Crippen molar-refractivity contribution < 1.29 is 13.6 Å². The minimum absolute atomic E-state index is 0.0128. The van der Waals surface area contributed by atoms with Crippen molar-refractivity contribution in [1.29, 1.82) is 0 Å². The molecule has 28 heavy (non-hydrogen) atoms. The predicted octanol–water partition coefficient (Wildman–Crippen LogP) is 4.94. The number of rotatable bonds is 5. The van der Waals surface area contributed by atoms with Crippen LogP contribution in [0.1, 0.15) is 47.0 Å². The third kappa shape index (κ3) is 3.45.